The first kappa shape index (κ1) is 18.0. The summed E-state index contributed by atoms with van der Waals surface area (Å²) in [5.74, 6) is -0.908. The Hall–Kier alpha value is -2.84. The Morgan fingerprint density at radius 1 is 1.12 bits per heavy atom. The van der Waals surface area contributed by atoms with Crippen LogP contribution in [-0.4, -0.2) is 19.3 Å². The van der Waals surface area contributed by atoms with Crippen LogP contribution in [0.4, 0.5) is 10.1 Å². The number of hydrogen-bond acceptors (Lipinski definition) is 4. The second-order valence-electron chi connectivity index (χ2n) is 5.95. The Bertz CT molecular complexity index is 1140. The van der Waals surface area contributed by atoms with Crippen molar-refractivity contribution in [2.24, 2.45) is 5.14 Å². The van der Waals surface area contributed by atoms with E-state index in [9.17, 15) is 17.6 Å². The van der Waals surface area contributed by atoms with Crippen molar-refractivity contribution in [3.63, 3.8) is 0 Å². The van der Waals surface area contributed by atoms with Crippen molar-refractivity contribution in [2.45, 2.75) is 18.7 Å². The Morgan fingerprint density at radius 3 is 2.54 bits per heavy atom. The molecule has 0 atom stereocenters. The molecule has 3 aromatic rings. The number of carbonyl (C=O) groups is 1. The first-order valence-corrected chi connectivity index (χ1v) is 9.21. The standard InChI is InChI=1S/C18H16FN3O3S/c1-10-3-5-13(9-17(10)26(20,24)25)22-18(23)15-7-11(2)21-16-8-12(19)4-6-14(15)16/h3-9H,1-2H3,(H,22,23)(H2,20,24,25). The number of halogens is 1. The van der Waals surface area contributed by atoms with Crippen LogP contribution in [-0.2, 0) is 10.0 Å². The van der Waals surface area contributed by atoms with Crippen molar-refractivity contribution < 1.29 is 17.6 Å². The fraction of sp³-hybridized carbons (Fsp3) is 0.111. The molecule has 2 aromatic carbocycles. The summed E-state index contributed by atoms with van der Waals surface area (Å²) in [5.41, 5.74) is 2.00. The van der Waals surface area contributed by atoms with Crippen molar-refractivity contribution in [1.82, 2.24) is 4.98 Å². The summed E-state index contributed by atoms with van der Waals surface area (Å²) in [7, 11) is -3.91. The zero-order valence-corrected chi connectivity index (χ0v) is 14.9. The van der Waals surface area contributed by atoms with Crippen LogP contribution in [0.2, 0.25) is 0 Å². The van der Waals surface area contributed by atoms with E-state index in [1.54, 1.807) is 32.0 Å². The molecule has 1 heterocycles. The van der Waals surface area contributed by atoms with E-state index in [2.05, 4.69) is 10.3 Å². The molecule has 0 spiro atoms. The highest BCUT2D eigenvalue weighted by molar-refractivity contribution is 7.89. The number of nitrogens with zero attached hydrogens (tertiary/aromatic N) is 1. The number of sulfonamides is 1. The van der Waals surface area contributed by atoms with Gasteiger partial charge in [0.05, 0.1) is 16.0 Å². The van der Waals surface area contributed by atoms with E-state index < -0.39 is 21.7 Å². The number of nitrogens with two attached hydrogens (primary N) is 1. The van der Waals surface area contributed by atoms with Gasteiger partial charge in [0.1, 0.15) is 5.82 Å². The second kappa shape index (κ2) is 6.47. The molecular formula is C18H16FN3O3S. The predicted molar refractivity (Wildman–Crippen MR) is 96.9 cm³/mol. The topological polar surface area (TPSA) is 102 Å². The first-order valence-electron chi connectivity index (χ1n) is 7.67. The van der Waals surface area contributed by atoms with Crippen molar-refractivity contribution in [2.75, 3.05) is 5.32 Å². The monoisotopic (exact) mass is 373 g/mol. The predicted octanol–water partition coefficient (Wildman–Crippen LogP) is 2.89. The van der Waals surface area contributed by atoms with Crippen LogP contribution in [0.3, 0.4) is 0 Å². The minimum Gasteiger partial charge on any atom is -0.322 e. The van der Waals surface area contributed by atoms with Crippen LogP contribution in [0, 0.1) is 19.7 Å². The minimum absolute atomic E-state index is 0.0619. The molecular weight excluding hydrogens is 357 g/mol. The summed E-state index contributed by atoms with van der Waals surface area (Å²) in [6.45, 7) is 3.31. The molecule has 1 aromatic heterocycles. The quantitative estimate of drug-likeness (QED) is 0.737. The summed E-state index contributed by atoms with van der Waals surface area (Å²) in [5, 5.41) is 8.34. The van der Waals surface area contributed by atoms with Gasteiger partial charge in [-0.05, 0) is 49.7 Å². The zero-order valence-electron chi connectivity index (χ0n) is 14.1. The molecule has 3 rings (SSSR count). The Labute approximate surface area is 149 Å². The third kappa shape index (κ3) is 3.56. The van der Waals surface area contributed by atoms with Gasteiger partial charge in [-0.1, -0.05) is 6.07 Å². The SMILES string of the molecule is Cc1cc(C(=O)Nc2ccc(C)c(S(N)(=O)=O)c2)c2ccc(F)cc2n1. The minimum atomic E-state index is -3.91. The summed E-state index contributed by atoms with van der Waals surface area (Å²) in [6.07, 6.45) is 0. The molecule has 0 radical (unpaired) electrons. The highest BCUT2D eigenvalue weighted by Crippen LogP contribution is 2.23. The average Bonchev–Trinajstić information content (AvgIpc) is 2.54. The number of anilines is 1. The lowest BCUT2D eigenvalue weighted by Gasteiger charge is -2.11. The fourth-order valence-electron chi connectivity index (χ4n) is 2.70. The van der Waals surface area contributed by atoms with E-state index in [-0.39, 0.29) is 10.6 Å². The first-order chi connectivity index (χ1) is 12.1. The third-order valence-electron chi connectivity index (χ3n) is 3.90. The molecule has 6 nitrogen and oxygen atoms in total. The Kier molecular flexibility index (Phi) is 4.47. The molecule has 0 bridgehead atoms. The summed E-state index contributed by atoms with van der Waals surface area (Å²) >= 11 is 0. The molecule has 0 saturated carbocycles. The van der Waals surface area contributed by atoms with Gasteiger partial charge in [0.25, 0.3) is 5.91 Å². The van der Waals surface area contributed by atoms with Crippen molar-refractivity contribution in [3.05, 3.63) is 65.1 Å². The van der Waals surface area contributed by atoms with Crippen LogP contribution in [0.15, 0.2) is 47.4 Å². The number of benzene rings is 2. The normalized spacial score (nSPS) is 11.5. The summed E-state index contributed by atoms with van der Waals surface area (Å²) < 4.78 is 36.7. The van der Waals surface area contributed by atoms with E-state index in [4.69, 9.17) is 5.14 Å². The third-order valence-corrected chi connectivity index (χ3v) is 4.95. The average molecular weight is 373 g/mol. The molecule has 1 amide bonds. The van der Waals surface area contributed by atoms with Crippen LogP contribution in [0.25, 0.3) is 10.9 Å². The summed E-state index contributed by atoms with van der Waals surface area (Å²) in [6, 6.07) is 10.0. The molecule has 0 aliphatic carbocycles. The van der Waals surface area contributed by atoms with Gasteiger partial charge in [-0.2, -0.15) is 0 Å². The number of amides is 1. The number of rotatable bonds is 3. The van der Waals surface area contributed by atoms with E-state index in [0.717, 1.165) is 0 Å². The summed E-state index contributed by atoms with van der Waals surface area (Å²) in [4.78, 5) is 16.9. The largest absolute Gasteiger partial charge is 0.322 e. The maximum atomic E-state index is 13.4. The van der Waals surface area contributed by atoms with Gasteiger partial charge in [-0.15, -0.1) is 0 Å². The van der Waals surface area contributed by atoms with Gasteiger partial charge in [-0.3, -0.25) is 9.78 Å². The zero-order chi connectivity index (χ0) is 19.1. The maximum Gasteiger partial charge on any atom is 0.256 e. The Morgan fingerprint density at radius 2 is 1.85 bits per heavy atom. The number of carbonyl (C=O) groups excluding carboxylic acids is 1. The Balaban J connectivity index is 2.03. The molecule has 0 aliphatic rings. The molecule has 0 fully saturated rings. The van der Waals surface area contributed by atoms with Gasteiger partial charge in [-0.25, -0.2) is 17.9 Å². The number of aromatic nitrogens is 1. The van der Waals surface area contributed by atoms with Gasteiger partial charge >= 0.3 is 0 Å². The number of pyridine rings is 1. The van der Waals surface area contributed by atoms with Crippen molar-refractivity contribution in [1.29, 1.82) is 0 Å². The van der Waals surface area contributed by atoms with Gasteiger partial charge in [0, 0.05) is 22.8 Å². The molecule has 26 heavy (non-hydrogen) atoms. The van der Waals surface area contributed by atoms with Gasteiger partial charge in [0.2, 0.25) is 10.0 Å². The number of primary sulfonamides is 1. The number of fused-ring (bicyclic) bond motifs is 1. The molecule has 0 aliphatic heterocycles. The smallest absolute Gasteiger partial charge is 0.256 e. The van der Waals surface area contributed by atoms with Crippen molar-refractivity contribution >= 4 is 32.5 Å². The van der Waals surface area contributed by atoms with Crippen LogP contribution in [0.5, 0.6) is 0 Å². The van der Waals surface area contributed by atoms with Crippen LogP contribution < -0.4 is 10.5 Å². The molecule has 3 N–H and O–H groups in total. The lowest BCUT2D eigenvalue weighted by atomic mass is 10.1. The molecule has 0 unspecified atom stereocenters. The van der Waals surface area contributed by atoms with Crippen LogP contribution in [0.1, 0.15) is 21.6 Å². The molecule has 8 heteroatoms. The highest BCUT2D eigenvalue weighted by Gasteiger charge is 2.16. The lowest BCUT2D eigenvalue weighted by molar-refractivity contribution is 0.102. The van der Waals surface area contributed by atoms with E-state index >= 15 is 0 Å². The van der Waals surface area contributed by atoms with E-state index in [0.29, 0.717) is 27.7 Å². The highest BCUT2D eigenvalue weighted by atomic mass is 32.2. The molecule has 134 valence electrons. The van der Waals surface area contributed by atoms with Crippen LogP contribution >= 0.6 is 0 Å². The fourth-order valence-corrected chi connectivity index (χ4v) is 3.51. The maximum absolute atomic E-state index is 13.4. The van der Waals surface area contributed by atoms with Gasteiger partial charge < -0.3 is 5.32 Å². The number of nitrogens with one attached hydrogen (secondary N) is 1. The van der Waals surface area contributed by atoms with E-state index in [1.807, 2.05) is 0 Å². The van der Waals surface area contributed by atoms with E-state index in [1.165, 1.54) is 24.3 Å². The number of hydrogen-bond donors (Lipinski definition) is 2. The lowest BCUT2D eigenvalue weighted by Crippen LogP contribution is -2.16. The number of aryl methyl sites for hydroxylation is 2. The molecule has 0 saturated heterocycles. The van der Waals surface area contributed by atoms with Gasteiger partial charge in [0.15, 0.2) is 0 Å². The second-order valence-corrected chi connectivity index (χ2v) is 7.48. The van der Waals surface area contributed by atoms with Crippen molar-refractivity contribution in [3.8, 4) is 0 Å².